The number of hydrogen-bond donors (Lipinski definition) is 0. The number of urea groups is 1. The molecule has 4 nitrogen and oxygen atoms in total. The van der Waals surface area contributed by atoms with Gasteiger partial charge in [-0.25, -0.2) is 4.79 Å². The first-order chi connectivity index (χ1) is 6.20. The highest BCUT2D eigenvalue weighted by molar-refractivity contribution is 5.96. The number of imide groups is 1. The van der Waals surface area contributed by atoms with Crippen LogP contribution in [0.15, 0.2) is 12.8 Å². The highest BCUT2D eigenvalue weighted by atomic mass is 16.2. The average molecular weight is 182 g/mol. The highest BCUT2D eigenvalue weighted by Gasteiger charge is 2.30. The Labute approximate surface area is 77.8 Å². The van der Waals surface area contributed by atoms with Gasteiger partial charge in [0.1, 0.15) is 0 Å². The van der Waals surface area contributed by atoms with Crippen LogP contribution in [-0.4, -0.2) is 34.8 Å². The number of hydrogen-bond acceptors (Lipinski definition) is 2. The summed E-state index contributed by atoms with van der Waals surface area (Å²) in [4.78, 5) is 25.5. The monoisotopic (exact) mass is 182 g/mol. The summed E-state index contributed by atoms with van der Waals surface area (Å²) in [5, 5.41) is 0. The molecule has 0 aromatic heterocycles. The molecule has 1 heterocycles. The van der Waals surface area contributed by atoms with Gasteiger partial charge in [0.25, 0.3) is 0 Å². The molecule has 0 saturated carbocycles. The minimum Gasteiger partial charge on any atom is -0.299 e. The van der Waals surface area contributed by atoms with Gasteiger partial charge >= 0.3 is 6.03 Å². The lowest BCUT2D eigenvalue weighted by Crippen LogP contribution is -2.34. The smallest absolute Gasteiger partial charge is 0.299 e. The lowest BCUT2D eigenvalue weighted by molar-refractivity contribution is -0.127. The van der Waals surface area contributed by atoms with Gasteiger partial charge in [0.05, 0.1) is 0 Å². The van der Waals surface area contributed by atoms with Crippen LogP contribution in [0.25, 0.3) is 0 Å². The molecule has 0 N–H and O–H groups in total. The van der Waals surface area contributed by atoms with E-state index in [2.05, 4.69) is 6.58 Å². The van der Waals surface area contributed by atoms with E-state index in [-0.39, 0.29) is 11.9 Å². The van der Waals surface area contributed by atoms with Crippen molar-refractivity contribution in [2.24, 2.45) is 0 Å². The highest BCUT2D eigenvalue weighted by Crippen LogP contribution is 2.10. The Morgan fingerprint density at radius 3 is 2.77 bits per heavy atom. The summed E-state index contributed by atoms with van der Waals surface area (Å²) in [5.74, 6) is -0.0862. The molecule has 0 aliphatic carbocycles. The Hall–Kier alpha value is -1.32. The number of carbonyl (C=O) groups excluding carboxylic acids is 2. The molecule has 1 rings (SSSR count). The number of carbonyl (C=O) groups is 2. The van der Waals surface area contributed by atoms with Crippen LogP contribution < -0.4 is 0 Å². The third kappa shape index (κ3) is 1.88. The zero-order valence-corrected chi connectivity index (χ0v) is 7.82. The van der Waals surface area contributed by atoms with Gasteiger partial charge in [0.15, 0.2) is 0 Å². The Bertz CT molecular complexity index is 238. The van der Waals surface area contributed by atoms with E-state index in [0.29, 0.717) is 19.5 Å². The summed E-state index contributed by atoms with van der Waals surface area (Å²) in [7, 11) is 0. The van der Waals surface area contributed by atoms with Gasteiger partial charge in [-0.3, -0.25) is 14.6 Å². The maximum atomic E-state index is 11.4. The molecule has 1 aliphatic heterocycles. The maximum absolute atomic E-state index is 11.4. The fourth-order valence-corrected chi connectivity index (χ4v) is 1.30. The van der Waals surface area contributed by atoms with Crippen LogP contribution in [0.1, 0.15) is 19.8 Å². The Morgan fingerprint density at radius 1 is 1.62 bits per heavy atom. The van der Waals surface area contributed by atoms with Gasteiger partial charge in [-0.2, -0.15) is 0 Å². The van der Waals surface area contributed by atoms with Crippen molar-refractivity contribution in [3.63, 3.8) is 0 Å². The molecule has 1 aliphatic rings. The Morgan fingerprint density at radius 2 is 2.31 bits per heavy atom. The van der Waals surface area contributed by atoms with Crippen molar-refractivity contribution in [2.75, 3.05) is 13.1 Å². The minimum absolute atomic E-state index is 0.0862. The summed E-state index contributed by atoms with van der Waals surface area (Å²) in [6.45, 7) is 6.48. The molecule has 1 fully saturated rings. The molecule has 3 amide bonds. The summed E-state index contributed by atoms with van der Waals surface area (Å²) in [6.07, 6.45) is 2.68. The van der Waals surface area contributed by atoms with Crippen LogP contribution in [0.5, 0.6) is 0 Å². The predicted octanol–water partition coefficient (Wildman–Crippen LogP) is 1.19. The SMILES string of the molecule is C=CN1CCN(C(=O)CCC)C1=O. The van der Waals surface area contributed by atoms with Crippen molar-refractivity contribution in [1.82, 2.24) is 9.80 Å². The number of nitrogens with zero attached hydrogens (tertiary/aromatic N) is 2. The van der Waals surface area contributed by atoms with Gasteiger partial charge in [0.2, 0.25) is 5.91 Å². The average Bonchev–Trinajstić information content (AvgIpc) is 2.47. The molecule has 1 saturated heterocycles. The zero-order valence-electron chi connectivity index (χ0n) is 7.82. The second-order valence-corrected chi connectivity index (χ2v) is 2.95. The third-order valence-electron chi connectivity index (χ3n) is 2.03. The van der Waals surface area contributed by atoms with E-state index in [1.807, 2.05) is 6.92 Å². The first-order valence-electron chi connectivity index (χ1n) is 4.44. The lowest BCUT2D eigenvalue weighted by atomic mass is 10.3. The molecule has 4 heteroatoms. The molecule has 0 radical (unpaired) electrons. The Kier molecular flexibility index (Phi) is 3.06. The fraction of sp³-hybridized carbons (Fsp3) is 0.556. The van der Waals surface area contributed by atoms with E-state index >= 15 is 0 Å². The van der Waals surface area contributed by atoms with Gasteiger partial charge in [-0.15, -0.1) is 0 Å². The van der Waals surface area contributed by atoms with Crippen molar-refractivity contribution >= 4 is 11.9 Å². The third-order valence-corrected chi connectivity index (χ3v) is 2.03. The van der Waals surface area contributed by atoms with Gasteiger partial charge in [0, 0.05) is 25.7 Å². The van der Waals surface area contributed by atoms with Crippen LogP contribution in [0.4, 0.5) is 4.79 Å². The first-order valence-corrected chi connectivity index (χ1v) is 4.44. The quantitative estimate of drug-likeness (QED) is 0.658. The lowest BCUT2D eigenvalue weighted by Gasteiger charge is -2.13. The summed E-state index contributed by atoms with van der Waals surface area (Å²) in [6, 6.07) is -0.242. The van der Waals surface area contributed by atoms with Crippen LogP contribution in [0.2, 0.25) is 0 Å². The van der Waals surface area contributed by atoms with Crippen molar-refractivity contribution in [1.29, 1.82) is 0 Å². The van der Waals surface area contributed by atoms with Gasteiger partial charge in [-0.05, 0) is 6.42 Å². The minimum atomic E-state index is -0.242. The van der Waals surface area contributed by atoms with Crippen LogP contribution in [0.3, 0.4) is 0 Å². The molecule has 0 unspecified atom stereocenters. The standard InChI is InChI=1S/C9H14N2O2/c1-3-5-8(12)11-7-6-10(4-2)9(11)13/h4H,2-3,5-7H2,1H3. The summed E-state index contributed by atoms with van der Waals surface area (Å²) >= 11 is 0. The maximum Gasteiger partial charge on any atom is 0.330 e. The van der Waals surface area contributed by atoms with Crippen molar-refractivity contribution in [3.05, 3.63) is 12.8 Å². The van der Waals surface area contributed by atoms with Crippen molar-refractivity contribution in [3.8, 4) is 0 Å². The molecule has 0 aromatic carbocycles. The van der Waals surface area contributed by atoms with E-state index in [0.717, 1.165) is 6.42 Å². The van der Waals surface area contributed by atoms with Crippen LogP contribution in [-0.2, 0) is 4.79 Å². The van der Waals surface area contributed by atoms with Crippen LogP contribution in [0, 0.1) is 0 Å². The predicted molar refractivity (Wildman–Crippen MR) is 48.9 cm³/mol. The summed E-state index contributed by atoms with van der Waals surface area (Å²) in [5.41, 5.74) is 0. The number of amides is 3. The molecule has 0 spiro atoms. The zero-order chi connectivity index (χ0) is 9.84. The van der Waals surface area contributed by atoms with Crippen molar-refractivity contribution < 1.29 is 9.59 Å². The molecule has 72 valence electrons. The van der Waals surface area contributed by atoms with E-state index in [1.165, 1.54) is 16.0 Å². The Balaban J connectivity index is 2.59. The normalized spacial score (nSPS) is 16.5. The second-order valence-electron chi connectivity index (χ2n) is 2.95. The molecular formula is C9H14N2O2. The van der Waals surface area contributed by atoms with Crippen molar-refractivity contribution in [2.45, 2.75) is 19.8 Å². The largest absolute Gasteiger partial charge is 0.330 e. The summed E-state index contributed by atoms with van der Waals surface area (Å²) < 4.78 is 0. The van der Waals surface area contributed by atoms with E-state index in [1.54, 1.807) is 0 Å². The first kappa shape index (κ1) is 9.77. The molecule has 0 aromatic rings. The van der Waals surface area contributed by atoms with Crippen LogP contribution >= 0.6 is 0 Å². The van der Waals surface area contributed by atoms with E-state index in [4.69, 9.17) is 0 Å². The van der Waals surface area contributed by atoms with Gasteiger partial charge in [-0.1, -0.05) is 13.5 Å². The topological polar surface area (TPSA) is 40.6 Å². The van der Waals surface area contributed by atoms with E-state index < -0.39 is 0 Å². The van der Waals surface area contributed by atoms with Gasteiger partial charge < -0.3 is 0 Å². The van der Waals surface area contributed by atoms with E-state index in [9.17, 15) is 9.59 Å². The molecular weight excluding hydrogens is 168 g/mol. The fourth-order valence-electron chi connectivity index (χ4n) is 1.30. The second kappa shape index (κ2) is 4.07. The molecule has 0 bridgehead atoms. The molecule has 0 atom stereocenters. The number of rotatable bonds is 3. The molecule has 13 heavy (non-hydrogen) atoms.